The molecule has 3 rings (SSSR count). The summed E-state index contributed by atoms with van der Waals surface area (Å²) in [7, 11) is 0. The van der Waals surface area contributed by atoms with Crippen molar-refractivity contribution in [1.82, 2.24) is 4.98 Å². The normalized spacial score (nSPS) is 10.7. The quantitative estimate of drug-likeness (QED) is 0.699. The summed E-state index contributed by atoms with van der Waals surface area (Å²) in [4.78, 5) is 17.0. The largest absolute Gasteiger partial charge is 0.396 e. The summed E-state index contributed by atoms with van der Waals surface area (Å²) in [6.07, 6.45) is 0.996. The van der Waals surface area contributed by atoms with Gasteiger partial charge < -0.3 is 11.1 Å². The van der Waals surface area contributed by atoms with E-state index >= 15 is 0 Å². The Morgan fingerprint density at radius 3 is 2.35 bits per heavy atom. The molecule has 0 aliphatic carbocycles. The van der Waals surface area contributed by atoms with Crippen LogP contribution < -0.4 is 11.1 Å². The van der Waals surface area contributed by atoms with E-state index in [4.69, 9.17) is 5.73 Å². The van der Waals surface area contributed by atoms with Crippen molar-refractivity contribution in [3.05, 3.63) is 77.9 Å². The van der Waals surface area contributed by atoms with Crippen molar-refractivity contribution in [3.63, 3.8) is 0 Å². The Balaban J connectivity index is 1.78. The van der Waals surface area contributed by atoms with Gasteiger partial charge in [0.25, 0.3) is 5.91 Å². The monoisotopic (exact) mass is 345 g/mol. The first-order valence-electron chi connectivity index (χ1n) is 8.75. The number of nitrogens with zero attached hydrogens (tertiary/aromatic N) is 1. The molecule has 0 aliphatic rings. The lowest BCUT2D eigenvalue weighted by molar-refractivity contribution is 0.102. The van der Waals surface area contributed by atoms with Crippen LogP contribution in [0.2, 0.25) is 0 Å². The number of anilines is 2. The van der Waals surface area contributed by atoms with Crippen LogP contribution in [-0.2, 0) is 6.42 Å². The third-order valence-electron chi connectivity index (χ3n) is 4.09. The zero-order valence-corrected chi connectivity index (χ0v) is 15.1. The van der Waals surface area contributed by atoms with Crippen LogP contribution in [-0.4, -0.2) is 10.9 Å². The van der Waals surface area contributed by atoms with Crippen molar-refractivity contribution >= 4 is 17.4 Å². The molecule has 0 saturated heterocycles. The van der Waals surface area contributed by atoms with Crippen LogP contribution in [0.5, 0.6) is 0 Å². The van der Waals surface area contributed by atoms with Gasteiger partial charge in [0.2, 0.25) is 0 Å². The van der Waals surface area contributed by atoms with Crippen molar-refractivity contribution < 1.29 is 4.79 Å². The van der Waals surface area contributed by atoms with Gasteiger partial charge in [-0.05, 0) is 42.2 Å². The first-order chi connectivity index (χ1) is 12.5. The van der Waals surface area contributed by atoms with Gasteiger partial charge in [0.1, 0.15) is 0 Å². The summed E-state index contributed by atoms with van der Waals surface area (Å²) >= 11 is 0. The highest BCUT2D eigenvalue weighted by Crippen LogP contribution is 2.23. The van der Waals surface area contributed by atoms with E-state index in [0.717, 1.165) is 17.7 Å². The predicted molar refractivity (Wildman–Crippen MR) is 107 cm³/mol. The maximum absolute atomic E-state index is 12.5. The van der Waals surface area contributed by atoms with E-state index in [9.17, 15) is 4.79 Å². The van der Waals surface area contributed by atoms with E-state index in [1.807, 2.05) is 60.7 Å². The van der Waals surface area contributed by atoms with Gasteiger partial charge >= 0.3 is 0 Å². The first-order valence-corrected chi connectivity index (χ1v) is 8.75. The highest BCUT2D eigenvalue weighted by molar-refractivity contribution is 6.05. The van der Waals surface area contributed by atoms with Crippen LogP contribution in [0.15, 0.2) is 66.7 Å². The Morgan fingerprint density at radius 1 is 1.00 bits per heavy atom. The van der Waals surface area contributed by atoms with E-state index in [0.29, 0.717) is 23.0 Å². The molecule has 0 aliphatic heterocycles. The van der Waals surface area contributed by atoms with Crippen molar-refractivity contribution in [2.24, 2.45) is 5.92 Å². The minimum atomic E-state index is -0.217. The lowest BCUT2D eigenvalue weighted by Gasteiger charge is -2.10. The molecule has 0 unspecified atom stereocenters. The standard InChI is InChI=1S/C22H23N3O/c1-15(2)14-16-8-10-18(11-9-16)22(26)25-21-19(23)12-13-20(24-21)17-6-4-3-5-7-17/h3-13,15H,14,23H2,1-2H3,(H,24,25,26). The van der Waals surface area contributed by atoms with Gasteiger partial charge in [-0.2, -0.15) is 0 Å². The Hall–Kier alpha value is -3.14. The fourth-order valence-corrected chi connectivity index (χ4v) is 2.78. The number of rotatable bonds is 5. The van der Waals surface area contributed by atoms with Gasteiger partial charge in [0.05, 0.1) is 11.4 Å². The molecule has 3 N–H and O–H groups in total. The summed E-state index contributed by atoms with van der Waals surface area (Å²) in [6, 6.07) is 21.1. The second kappa shape index (κ2) is 7.83. The summed E-state index contributed by atoms with van der Waals surface area (Å²) < 4.78 is 0. The average Bonchev–Trinajstić information content (AvgIpc) is 2.64. The van der Waals surface area contributed by atoms with Gasteiger partial charge in [-0.3, -0.25) is 4.79 Å². The van der Waals surface area contributed by atoms with E-state index < -0.39 is 0 Å². The van der Waals surface area contributed by atoms with Crippen LogP contribution in [0.1, 0.15) is 29.8 Å². The number of carbonyl (C=O) groups excluding carboxylic acids is 1. The Labute approximate surface area is 154 Å². The number of hydrogen-bond donors (Lipinski definition) is 2. The molecule has 0 bridgehead atoms. The zero-order valence-electron chi connectivity index (χ0n) is 15.1. The molecule has 1 amide bonds. The number of carbonyl (C=O) groups is 1. The molecule has 0 saturated carbocycles. The van der Waals surface area contributed by atoms with Crippen molar-refractivity contribution in [2.75, 3.05) is 11.1 Å². The molecule has 2 aromatic carbocycles. The lowest BCUT2D eigenvalue weighted by Crippen LogP contribution is -2.14. The lowest BCUT2D eigenvalue weighted by atomic mass is 10.0. The average molecular weight is 345 g/mol. The van der Waals surface area contributed by atoms with Crippen LogP contribution in [0.3, 0.4) is 0 Å². The van der Waals surface area contributed by atoms with Crippen LogP contribution >= 0.6 is 0 Å². The number of benzene rings is 2. The van der Waals surface area contributed by atoms with Gasteiger partial charge in [-0.25, -0.2) is 4.98 Å². The summed E-state index contributed by atoms with van der Waals surface area (Å²) in [6.45, 7) is 4.35. The fourth-order valence-electron chi connectivity index (χ4n) is 2.78. The Kier molecular flexibility index (Phi) is 5.32. The molecule has 3 aromatic rings. The number of amides is 1. The van der Waals surface area contributed by atoms with Crippen LogP contribution in [0.4, 0.5) is 11.5 Å². The fraction of sp³-hybridized carbons (Fsp3) is 0.182. The summed E-state index contributed by atoms with van der Waals surface area (Å²) in [5.41, 5.74) is 9.98. The van der Waals surface area contributed by atoms with Gasteiger partial charge in [0.15, 0.2) is 5.82 Å². The summed E-state index contributed by atoms with van der Waals surface area (Å²) in [5.74, 6) is 0.743. The Bertz CT molecular complexity index is 887. The molecule has 0 spiro atoms. The number of aromatic nitrogens is 1. The van der Waals surface area contributed by atoms with Crippen molar-refractivity contribution in [3.8, 4) is 11.3 Å². The predicted octanol–water partition coefficient (Wildman–Crippen LogP) is 4.78. The van der Waals surface area contributed by atoms with Crippen LogP contribution in [0.25, 0.3) is 11.3 Å². The highest BCUT2D eigenvalue weighted by Gasteiger charge is 2.11. The van der Waals surface area contributed by atoms with Gasteiger partial charge in [-0.15, -0.1) is 0 Å². The molecule has 0 fully saturated rings. The zero-order chi connectivity index (χ0) is 18.5. The van der Waals surface area contributed by atoms with E-state index in [2.05, 4.69) is 24.1 Å². The number of pyridine rings is 1. The molecule has 132 valence electrons. The molecule has 0 radical (unpaired) electrons. The maximum atomic E-state index is 12.5. The van der Waals surface area contributed by atoms with Gasteiger partial charge in [-0.1, -0.05) is 56.3 Å². The number of nitrogens with two attached hydrogens (primary N) is 1. The Morgan fingerprint density at radius 2 is 1.69 bits per heavy atom. The van der Waals surface area contributed by atoms with E-state index in [1.165, 1.54) is 5.56 Å². The molecule has 1 heterocycles. The molecule has 4 nitrogen and oxygen atoms in total. The maximum Gasteiger partial charge on any atom is 0.256 e. The number of nitrogens with one attached hydrogen (secondary N) is 1. The smallest absolute Gasteiger partial charge is 0.256 e. The molecular formula is C22H23N3O. The molecule has 4 heteroatoms. The van der Waals surface area contributed by atoms with E-state index in [1.54, 1.807) is 6.07 Å². The van der Waals surface area contributed by atoms with Crippen molar-refractivity contribution in [1.29, 1.82) is 0 Å². The van der Waals surface area contributed by atoms with E-state index in [-0.39, 0.29) is 5.91 Å². The number of nitrogen functional groups attached to an aromatic ring is 1. The minimum absolute atomic E-state index is 0.217. The number of hydrogen-bond acceptors (Lipinski definition) is 3. The third-order valence-corrected chi connectivity index (χ3v) is 4.09. The first kappa shape index (κ1) is 17.7. The molecule has 0 atom stereocenters. The van der Waals surface area contributed by atoms with Gasteiger partial charge in [0, 0.05) is 11.1 Å². The topological polar surface area (TPSA) is 68.0 Å². The molecule has 26 heavy (non-hydrogen) atoms. The highest BCUT2D eigenvalue weighted by atomic mass is 16.1. The minimum Gasteiger partial charge on any atom is -0.396 e. The summed E-state index contributed by atoms with van der Waals surface area (Å²) in [5, 5.41) is 2.82. The SMILES string of the molecule is CC(C)Cc1ccc(C(=O)Nc2nc(-c3ccccc3)ccc2N)cc1. The second-order valence-electron chi connectivity index (χ2n) is 6.75. The molecule has 1 aromatic heterocycles. The third kappa shape index (κ3) is 4.28. The molecular weight excluding hydrogens is 322 g/mol. The van der Waals surface area contributed by atoms with Crippen molar-refractivity contribution in [2.45, 2.75) is 20.3 Å². The second-order valence-corrected chi connectivity index (χ2v) is 6.75. The van der Waals surface area contributed by atoms with Crippen LogP contribution in [0, 0.1) is 5.92 Å².